The minimum atomic E-state index is -0.00718. The van der Waals surface area contributed by atoms with E-state index >= 15 is 0 Å². The zero-order chi connectivity index (χ0) is 22.2. The maximum absolute atomic E-state index is 11.4. The molecule has 0 saturated heterocycles. The molecule has 0 aliphatic carbocycles. The van der Waals surface area contributed by atoms with Crippen LogP contribution in [0.1, 0.15) is 27.6 Å². The van der Waals surface area contributed by atoms with Gasteiger partial charge in [0.2, 0.25) is 0 Å². The van der Waals surface area contributed by atoms with Crippen molar-refractivity contribution in [2.45, 2.75) is 6.92 Å². The van der Waals surface area contributed by atoms with E-state index in [1.165, 1.54) is 6.07 Å². The molecule has 2 N–H and O–H groups in total. The Balaban J connectivity index is 0.000000179. The van der Waals surface area contributed by atoms with Crippen LogP contribution in [-0.4, -0.2) is 24.2 Å². The molecule has 0 atom stereocenters. The van der Waals surface area contributed by atoms with Gasteiger partial charge in [-0.2, -0.15) is 0 Å². The first-order valence-corrected chi connectivity index (χ1v) is 9.72. The number of hydrogen-bond donors (Lipinski definition) is 2. The molecule has 0 fully saturated rings. The Morgan fingerprint density at radius 1 is 0.903 bits per heavy atom. The highest BCUT2D eigenvalue weighted by molar-refractivity contribution is 6.00. The van der Waals surface area contributed by atoms with Crippen LogP contribution in [0.3, 0.4) is 0 Å². The third-order valence-corrected chi connectivity index (χ3v) is 4.78. The fourth-order valence-corrected chi connectivity index (χ4v) is 3.13. The van der Waals surface area contributed by atoms with E-state index in [9.17, 15) is 14.7 Å². The molecular formula is C26H23NO4. The quantitative estimate of drug-likeness (QED) is 0.307. The molecule has 0 amide bonds. The molecule has 156 valence electrons. The van der Waals surface area contributed by atoms with Crippen LogP contribution in [0.4, 0.5) is 5.69 Å². The van der Waals surface area contributed by atoms with Crippen LogP contribution in [0.5, 0.6) is 5.75 Å². The number of rotatable bonds is 5. The number of phenolic OH excluding ortho intramolecular Hbond substituents is 1. The Hall–Kier alpha value is -4.12. The molecular weight excluding hydrogens is 390 g/mol. The fraction of sp³-hybridized carbons (Fsp3) is 0.0769. The summed E-state index contributed by atoms with van der Waals surface area (Å²) in [5, 5.41) is 12.3. The lowest BCUT2D eigenvalue weighted by atomic mass is 10.0. The summed E-state index contributed by atoms with van der Waals surface area (Å²) in [4.78, 5) is 22.0. The van der Waals surface area contributed by atoms with Gasteiger partial charge < -0.3 is 14.8 Å². The molecule has 31 heavy (non-hydrogen) atoms. The van der Waals surface area contributed by atoms with E-state index < -0.39 is 0 Å². The third kappa shape index (κ3) is 5.28. The van der Waals surface area contributed by atoms with Gasteiger partial charge in [0, 0.05) is 23.9 Å². The van der Waals surface area contributed by atoms with E-state index in [4.69, 9.17) is 4.42 Å². The molecule has 0 spiro atoms. The van der Waals surface area contributed by atoms with Crippen molar-refractivity contribution in [3.05, 3.63) is 96.4 Å². The smallest absolute Gasteiger partial charge is 0.161 e. The lowest BCUT2D eigenvalue weighted by Gasteiger charge is -2.09. The molecule has 0 saturated carbocycles. The number of aromatic hydroxyl groups is 1. The maximum atomic E-state index is 11.4. The van der Waals surface area contributed by atoms with Crippen LogP contribution in [0.25, 0.3) is 22.3 Å². The monoisotopic (exact) mass is 413 g/mol. The van der Waals surface area contributed by atoms with Gasteiger partial charge >= 0.3 is 0 Å². The molecule has 0 aliphatic heterocycles. The van der Waals surface area contributed by atoms with Crippen molar-refractivity contribution in [1.29, 1.82) is 0 Å². The van der Waals surface area contributed by atoms with Crippen molar-refractivity contribution < 1.29 is 19.1 Å². The summed E-state index contributed by atoms with van der Waals surface area (Å²) in [7, 11) is 1.83. The predicted molar refractivity (Wildman–Crippen MR) is 123 cm³/mol. The summed E-state index contributed by atoms with van der Waals surface area (Å²) < 4.78 is 4.92. The lowest BCUT2D eigenvalue weighted by molar-refractivity contribution is 0.101. The summed E-state index contributed by atoms with van der Waals surface area (Å²) in [5.41, 5.74) is 5.88. The first kappa shape index (κ1) is 21.6. The molecule has 1 heterocycles. The largest absolute Gasteiger partial charge is 0.507 e. The number of phenols is 1. The van der Waals surface area contributed by atoms with Gasteiger partial charge in [-0.15, -0.1) is 0 Å². The highest BCUT2D eigenvalue weighted by Gasteiger charge is 2.07. The number of benzene rings is 3. The van der Waals surface area contributed by atoms with Crippen molar-refractivity contribution >= 4 is 17.8 Å². The Bertz CT molecular complexity index is 1170. The number of carbonyl (C=O) groups is 2. The highest BCUT2D eigenvalue weighted by Crippen LogP contribution is 2.26. The van der Waals surface area contributed by atoms with Gasteiger partial charge in [-0.3, -0.25) is 9.59 Å². The Kier molecular flexibility index (Phi) is 7.01. The van der Waals surface area contributed by atoms with Crippen LogP contribution in [0, 0.1) is 0 Å². The minimum Gasteiger partial charge on any atom is -0.507 e. The number of Topliss-reactive ketones (excluding diaryl/α,β-unsaturated/α-hetero) is 1. The second-order valence-electron chi connectivity index (χ2n) is 6.84. The van der Waals surface area contributed by atoms with Gasteiger partial charge in [-0.05, 0) is 53.9 Å². The predicted octanol–water partition coefficient (Wildman–Crippen LogP) is 6.06. The normalized spacial score (nSPS) is 10.0. The van der Waals surface area contributed by atoms with Crippen molar-refractivity contribution in [3.8, 4) is 28.0 Å². The van der Waals surface area contributed by atoms with Gasteiger partial charge in [0.25, 0.3) is 0 Å². The summed E-state index contributed by atoms with van der Waals surface area (Å²) in [6, 6.07) is 22.6. The third-order valence-electron chi connectivity index (χ3n) is 4.78. The van der Waals surface area contributed by atoms with E-state index in [1.54, 1.807) is 37.6 Å². The van der Waals surface area contributed by atoms with Gasteiger partial charge in [0.1, 0.15) is 5.75 Å². The van der Waals surface area contributed by atoms with Gasteiger partial charge in [-0.25, -0.2) is 0 Å². The van der Waals surface area contributed by atoms with E-state index in [0.717, 1.165) is 33.5 Å². The number of furan rings is 1. The van der Waals surface area contributed by atoms with E-state index in [-0.39, 0.29) is 17.1 Å². The molecule has 4 rings (SSSR count). The molecule has 4 aromatic rings. The maximum Gasteiger partial charge on any atom is 0.161 e. The molecule has 3 aromatic carbocycles. The number of carbonyl (C=O) groups excluding carboxylic acids is 2. The first-order chi connectivity index (χ1) is 15.0. The summed E-state index contributed by atoms with van der Waals surface area (Å²) in [5.74, 6) is 0.0706. The van der Waals surface area contributed by atoms with Crippen molar-refractivity contribution in [2.24, 2.45) is 0 Å². The summed E-state index contributed by atoms with van der Waals surface area (Å²) in [6.45, 7) is 1.58. The van der Waals surface area contributed by atoms with Crippen molar-refractivity contribution in [1.82, 2.24) is 0 Å². The molecule has 1 aromatic heterocycles. The van der Waals surface area contributed by atoms with Crippen LogP contribution >= 0.6 is 0 Å². The van der Waals surface area contributed by atoms with Crippen LogP contribution in [0.15, 0.2) is 89.7 Å². The Labute approximate surface area is 181 Å². The number of anilines is 1. The SMILES string of the molecule is CNc1cc(-c2ccccc2)ccc1C(C)=O.O=Cc1cc(-c2ccoc2)ccc1O. The topological polar surface area (TPSA) is 79.5 Å². The van der Waals surface area contributed by atoms with E-state index in [0.29, 0.717) is 6.29 Å². The zero-order valence-electron chi connectivity index (χ0n) is 17.3. The molecule has 0 unspecified atom stereocenters. The Morgan fingerprint density at radius 3 is 2.23 bits per heavy atom. The van der Waals surface area contributed by atoms with Crippen LogP contribution in [-0.2, 0) is 0 Å². The number of aldehydes is 1. The minimum absolute atomic E-state index is 0.00718. The molecule has 0 aliphatic rings. The average Bonchev–Trinajstić information content (AvgIpc) is 3.35. The number of hydrogen-bond acceptors (Lipinski definition) is 5. The number of nitrogens with one attached hydrogen (secondary N) is 1. The van der Waals surface area contributed by atoms with Gasteiger partial charge in [0.15, 0.2) is 12.1 Å². The van der Waals surface area contributed by atoms with Crippen molar-refractivity contribution in [3.63, 3.8) is 0 Å². The zero-order valence-corrected chi connectivity index (χ0v) is 17.3. The van der Waals surface area contributed by atoms with Gasteiger partial charge in [0.05, 0.1) is 18.1 Å². The molecule has 0 radical (unpaired) electrons. The van der Waals surface area contributed by atoms with Crippen LogP contribution < -0.4 is 5.32 Å². The number of ketones is 1. The second kappa shape index (κ2) is 10.1. The average molecular weight is 413 g/mol. The van der Waals surface area contributed by atoms with Crippen molar-refractivity contribution in [2.75, 3.05) is 12.4 Å². The van der Waals surface area contributed by atoms with E-state index in [2.05, 4.69) is 17.4 Å². The summed E-state index contributed by atoms with van der Waals surface area (Å²) >= 11 is 0. The molecule has 5 heteroatoms. The lowest BCUT2D eigenvalue weighted by Crippen LogP contribution is -2.00. The Morgan fingerprint density at radius 2 is 1.61 bits per heavy atom. The molecule has 5 nitrogen and oxygen atoms in total. The standard InChI is InChI=1S/C15H15NO.C11H8O3/c1-11(17)14-9-8-13(10-15(14)16-2)12-6-4-3-5-7-12;12-6-10-5-8(1-2-11(10)13)9-3-4-14-7-9/h3-10,16H,1-2H3;1-7,13H. The molecule has 0 bridgehead atoms. The first-order valence-electron chi connectivity index (χ1n) is 9.72. The fourth-order valence-electron chi connectivity index (χ4n) is 3.13. The van der Waals surface area contributed by atoms with E-state index in [1.807, 2.05) is 43.4 Å². The van der Waals surface area contributed by atoms with Crippen LogP contribution in [0.2, 0.25) is 0 Å². The van der Waals surface area contributed by atoms with Gasteiger partial charge in [-0.1, -0.05) is 42.5 Å². The highest BCUT2D eigenvalue weighted by atomic mass is 16.3. The summed E-state index contributed by atoms with van der Waals surface area (Å²) in [6.07, 6.45) is 3.77. The second-order valence-corrected chi connectivity index (χ2v) is 6.84.